The standard InChI is InChI=1S/C14H17N3O2S/c1-3-19-13-5-4-10(6-12(13)15)14(18)16-7-11-8-20-9(2)17-11/h4-6,8H,3,7,15H2,1-2H3,(H,16,18). The van der Waals surface area contributed by atoms with E-state index >= 15 is 0 Å². The van der Waals surface area contributed by atoms with Crippen LogP contribution in [-0.4, -0.2) is 17.5 Å². The second kappa shape index (κ2) is 6.38. The number of aryl methyl sites for hydroxylation is 1. The van der Waals surface area contributed by atoms with Crippen molar-refractivity contribution in [3.05, 3.63) is 39.8 Å². The third kappa shape index (κ3) is 3.48. The number of carbonyl (C=O) groups excluding carboxylic acids is 1. The van der Waals surface area contributed by atoms with E-state index in [4.69, 9.17) is 10.5 Å². The fraction of sp³-hybridized carbons (Fsp3) is 0.286. The van der Waals surface area contributed by atoms with Crippen LogP contribution in [0.2, 0.25) is 0 Å². The Morgan fingerprint density at radius 2 is 2.30 bits per heavy atom. The zero-order chi connectivity index (χ0) is 14.5. The number of benzene rings is 1. The number of anilines is 1. The van der Waals surface area contributed by atoms with Gasteiger partial charge in [-0.25, -0.2) is 4.98 Å². The summed E-state index contributed by atoms with van der Waals surface area (Å²) in [5.74, 6) is 0.421. The second-order valence-electron chi connectivity index (χ2n) is 4.23. The number of rotatable bonds is 5. The number of amides is 1. The molecule has 0 radical (unpaired) electrons. The lowest BCUT2D eigenvalue weighted by Crippen LogP contribution is -2.23. The minimum atomic E-state index is -0.176. The molecule has 0 fully saturated rings. The summed E-state index contributed by atoms with van der Waals surface area (Å²) in [7, 11) is 0. The average molecular weight is 291 g/mol. The number of hydrogen-bond acceptors (Lipinski definition) is 5. The van der Waals surface area contributed by atoms with E-state index in [0.29, 0.717) is 30.2 Å². The van der Waals surface area contributed by atoms with Gasteiger partial charge < -0.3 is 15.8 Å². The van der Waals surface area contributed by atoms with Crippen LogP contribution in [0.3, 0.4) is 0 Å². The number of nitrogens with two attached hydrogens (primary N) is 1. The van der Waals surface area contributed by atoms with Crippen molar-refractivity contribution in [3.8, 4) is 5.75 Å². The first kappa shape index (κ1) is 14.3. The minimum absolute atomic E-state index is 0.176. The largest absolute Gasteiger partial charge is 0.492 e. The van der Waals surface area contributed by atoms with Gasteiger partial charge in [-0.05, 0) is 32.0 Å². The van der Waals surface area contributed by atoms with E-state index in [0.717, 1.165) is 10.7 Å². The molecule has 0 aliphatic rings. The summed E-state index contributed by atoms with van der Waals surface area (Å²) in [5, 5.41) is 5.73. The highest BCUT2D eigenvalue weighted by atomic mass is 32.1. The fourth-order valence-corrected chi connectivity index (χ4v) is 2.35. The highest BCUT2D eigenvalue weighted by molar-refractivity contribution is 7.09. The predicted octanol–water partition coefficient (Wildman–Crippen LogP) is 2.36. The summed E-state index contributed by atoms with van der Waals surface area (Å²) in [6.45, 7) is 4.77. The van der Waals surface area contributed by atoms with Gasteiger partial charge in [-0.3, -0.25) is 4.79 Å². The van der Waals surface area contributed by atoms with Crippen LogP contribution in [0.5, 0.6) is 5.75 Å². The molecule has 0 unspecified atom stereocenters. The molecule has 0 aliphatic carbocycles. The first-order valence-corrected chi connectivity index (χ1v) is 7.19. The molecule has 0 bridgehead atoms. The lowest BCUT2D eigenvalue weighted by atomic mass is 10.1. The zero-order valence-electron chi connectivity index (χ0n) is 11.5. The Kier molecular flexibility index (Phi) is 4.57. The fourth-order valence-electron chi connectivity index (χ4n) is 1.74. The maximum Gasteiger partial charge on any atom is 0.251 e. The molecule has 1 aromatic carbocycles. The van der Waals surface area contributed by atoms with Crippen molar-refractivity contribution < 1.29 is 9.53 Å². The van der Waals surface area contributed by atoms with Crippen molar-refractivity contribution in [2.24, 2.45) is 0 Å². The molecule has 1 heterocycles. The quantitative estimate of drug-likeness (QED) is 0.829. The molecule has 0 atom stereocenters. The molecule has 6 heteroatoms. The molecule has 0 spiro atoms. The predicted molar refractivity (Wildman–Crippen MR) is 80.0 cm³/mol. The Bertz CT molecular complexity index is 610. The van der Waals surface area contributed by atoms with Crippen LogP contribution in [0.1, 0.15) is 28.0 Å². The van der Waals surface area contributed by atoms with E-state index in [9.17, 15) is 4.79 Å². The van der Waals surface area contributed by atoms with Gasteiger partial charge in [0.15, 0.2) is 0 Å². The van der Waals surface area contributed by atoms with E-state index in [1.807, 2.05) is 19.2 Å². The minimum Gasteiger partial charge on any atom is -0.492 e. The van der Waals surface area contributed by atoms with Crippen LogP contribution in [0.15, 0.2) is 23.6 Å². The molecule has 0 saturated carbocycles. The van der Waals surface area contributed by atoms with E-state index in [1.165, 1.54) is 0 Å². The van der Waals surface area contributed by atoms with Crippen LogP contribution in [0.4, 0.5) is 5.69 Å². The van der Waals surface area contributed by atoms with Gasteiger partial charge in [0.25, 0.3) is 5.91 Å². The van der Waals surface area contributed by atoms with Crippen molar-refractivity contribution in [2.45, 2.75) is 20.4 Å². The van der Waals surface area contributed by atoms with Gasteiger partial charge in [0, 0.05) is 10.9 Å². The summed E-state index contributed by atoms with van der Waals surface area (Å²) in [5.41, 5.74) is 7.68. The van der Waals surface area contributed by atoms with Crippen LogP contribution >= 0.6 is 11.3 Å². The van der Waals surface area contributed by atoms with Gasteiger partial charge in [-0.15, -0.1) is 11.3 Å². The smallest absolute Gasteiger partial charge is 0.251 e. The lowest BCUT2D eigenvalue weighted by molar-refractivity contribution is 0.0950. The zero-order valence-corrected chi connectivity index (χ0v) is 12.3. The van der Waals surface area contributed by atoms with Crippen molar-refractivity contribution in [2.75, 3.05) is 12.3 Å². The average Bonchev–Trinajstić information content (AvgIpc) is 2.84. The number of nitrogens with one attached hydrogen (secondary N) is 1. The van der Waals surface area contributed by atoms with Gasteiger partial charge in [0.2, 0.25) is 0 Å². The van der Waals surface area contributed by atoms with Crippen molar-refractivity contribution in [1.29, 1.82) is 0 Å². The van der Waals surface area contributed by atoms with Crippen molar-refractivity contribution in [1.82, 2.24) is 10.3 Å². The summed E-state index contributed by atoms with van der Waals surface area (Å²) in [4.78, 5) is 16.3. The molecule has 3 N–H and O–H groups in total. The number of nitrogens with zero attached hydrogens (tertiary/aromatic N) is 1. The number of ether oxygens (including phenoxy) is 1. The molecule has 20 heavy (non-hydrogen) atoms. The molecule has 1 aromatic heterocycles. The van der Waals surface area contributed by atoms with Crippen molar-refractivity contribution in [3.63, 3.8) is 0 Å². The number of hydrogen-bond donors (Lipinski definition) is 2. The third-order valence-electron chi connectivity index (χ3n) is 2.67. The second-order valence-corrected chi connectivity index (χ2v) is 5.29. The van der Waals surface area contributed by atoms with Gasteiger partial charge in [0.1, 0.15) is 5.75 Å². The molecule has 5 nitrogen and oxygen atoms in total. The number of thiazole rings is 1. The van der Waals surface area contributed by atoms with E-state index in [2.05, 4.69) is 10.3 Å². The van der Waals surface area contributed by atoms with E-state index < -0.39 is 0 Å². The highest BCUT2D eigenvalue weighted by Crippen LogP contribution is 2.22. The molecule has 0 saturated heterocycles. The van der Waals surface area contributed by atoms with E-state index in [-0.39, 0.29) is 5.91 Å². The summed E-state index contributed by atoms with van der Waals surface area (Å²) in [6.07, 6.45) is 0. The molecule has 0 aliphatic heterocycles. The van der Waals surface area contributed by atoms with E-state index in [1.54, 1.807) is 29.5 Å². The number of carbonyl (C=O) groups is 1. The molecule has 2 aromatic rings. The Balaban J connectivity index is 2.00. The van der Waals surface area contributed by atoms with Crippen molar-refractivity contribution >= 4 is 22.9 Å². The summed E-state index contributed by atoms with van der Waals surface area (Å²) in [6, 6.07) is 5.02. The van der Waals surface area contributed by atoms with Gasteiger partial charge in [0.05, 0.1) is 29.5 Å². The van der Waals surface area contributed by atoms with Crippen LogP contribution < -0.4 is 15.8 Å². The van der Waals surface area contributed by atoms with Gasteiger partial charge in [-0.2, -0.15) is 0 Å². The van der Waals surface area contributed by atoms with Crippen LogP contribution in [-0.2, 0) is 6.54 Å². The first-order valence-electron chi connectivity index (χ1n) is 6.31. The first-order chi connectivity index (χ1) is 9.60. The number of aromatic nitrogens is 1. The highest BCUT2D eigenvalue weighted by Gasteiger charge is 2.09. The maximum atomic E-state index is 12.0. The van der Waals surface area contributed by atoms with Crippen LogP contribution in [0.25, 0.3) is 0 Å². The molecule has 106 valence electrons. The van der Waals surface area contributed by atoms with Gasteiger partial charge in [-0.1, -0.05) is 0 Å². The Hall–Kier alpha value is -2.08. The summed E-state index contributed by atoms with van der Waals surface area (Å²) < 4.78 is 5.34. The Morgan fingerprint density at radius 1 is 1.50 bits per heavy atom. The van der Waals surface area contributed by atoms with Crippen LogP contribution in [0, 0.1) is 6.92 Å². The molecule has 2 rings (SSSR count). The molecular weight excluding hydrogens is 274 g/mol. The topological polar surface area (TPSA) is 77.2 Å². The monoisotopic (exact) mass is 291 g/mol. The Morgan fingerprint density at radius 3 is 2.90 bits per heavy atom. The summed E-state index contributed by atoms with van der Waals surface area (Å²) >= 11 is 1.56. The normalized spacial score (nSPS) is 10.3. The Labute approximate surface area is 121 Å². The third-order valence-corrected chi connectivity index (χ3v) is 3.49. The number of nitrogen functional groups attached to an aromatic ring is 1. The maximum absolute atomic E-state index is 12.0. The molecular formula is C14H17N3O2S. The SMILES string of the molecule is CCOc1ccc(C(=O)NCc2csc(C)n2)cc1N. The van der Waals surface area contributed by atoms with Gasteiger partial charge >= 0.3 is 0 Å². The lowest BCUT2D eigenvalue weighted by Gasteiger charge is -2.09. The molecule has 1 amide bonds.